The predicted octanol–water partition coefficient (Wildman–Crippen LogP) is -0.515. The first-order valence-electron chi connectivity index (χ1n) is 4.55. The Hall–Kier alpha value is -1.14. The summed E-state index contributed by atoms with van der Waals surface area (Å²) < 4.78 is 9.84. The molecule has 0 aliphatic rings. The Labute approximate surface area is 88.6 Å². The third kappa shape index (κ3) is 5.34. The zero-order valence-electron chi connectivity index (χ0n) is 9.15. The SMILES string of the molecule is COCC(CNC(=O)C(C)C(=O)O)OC. The maximum absolute atomic E-state index is 11.2. The highest BCUT2D eigenvalue weighted by atomic mass is 16.5. The molecule has 2 N–H and O–H groups in total. The fourth-order valence-corrected chi connectivity index (χ4v) is 0.876. The fraction of sp³-hybridized carbons (Fsp3) is 0.778. The van der Waals surface area contributed by atoms with E-state index in [9.17, 15) is 9.59 Å². The Kier molecular flexibility index (Phi) is 6.64. The molecule has 6 heteroatoms. The smallest absolute Gasteiger partial charge is 0.315 e. The number of nitrogens with one attached hydrogen (secondary N) is 1. The highest BCUT2D eigenvalue weighted by molar-refractivity contribution is 5.96. The quantitative estimate of drug-likeness (QED) is 0.563. The van der Waals surface area contributed by atoms with Crippen LogP contribution < -0.4 is 5.32 Å². The van der Waals surface area contributed by atoms with Crippen molar-refractivity contribution >= 4 is 11.9 Å². The van der Waals surface area contributed by atoms with Crippen molar-refractivity contribution in [2.24, 2.45) is 5.92 Å². The van der Waals surface area contributed by atoms with Crippen molar-refractivity contribution < 1.29 is 24.2 Å². The molecule has 0 saturated heterocycles. The van der Waals surface area contributed by atoms with Gasteiger partial charge in [0.05, 0.1) is 12.7 Å². The lowest BCUT2D eigenvalue weighted by atomic mass is 10.1. The summed E-state index contributed by atoms with van der Waals surface area (Å²) in [7, 11) is 3.02. The van der Waals surface area contributed by atoms with Gasteiger partial charge in [0.1, 0.15) is 5.92 Å². The summed E-state index contributed by atoms with van der Waals surface area (Å²) in [6.45, 7) is 1.91. The van der Waals surface area contributed by atoms with Crippen LogP contribution in [0.3, 0.4) is 0 Å². The number of carboxylic acids is 1. The molecular weight excluding hydrogens is 202 g/mol. The van der Waals surface area contributed by atoms with Crippen molar-refractivity contribution in [3.63, 3.8) is 0 Å². The van der Waals surface area contributed by atoms with Gasteiger partial charge in [-0.25, -0.2) is 0 Å². The van der Waals surface area contributed by atoms with Crippen LogP contribution in [0.4, 0.5) is 0 Å². The van der Waals surface area contributed by atoms with E-state index in [1.165, 1.54) is 21.1 Å². The fourth-order valence-electron chi connectivity index (χ4n) is 0.876. The Bertz CT molecular complexity index is 219. The molecule has 2 atom stereocenters. The van der Waals surface area contributed by atoms with Gasteiger partial charge in [0.25, 0.3) is 0 Å². The predicted molar refractivity (Wildman–Crippen MR) is 52.5 cm³/mol. The van der Waals surface area contributed by atoms with Crippen molar-refractivity contribution in [3.8, 4) is 0 Å². The van der Waals surface area contributed by atoms with Gasteiger partial charge in [-0.2, -0.15) is 0 Å². The first-order chi connectivity index (χ1) is 7.02. The first-order valence-corrected chi connectivity index (χ1v) is 4.55. The number of hydrogen-bond acceptors (Lipinski definition) is 4. The Morgan fingerprint density at radius 1 is 1.40 bits per heavy atom. The largest absolute Gasteiger partial charge is 0.481 e. The molecule has 15 heavy (non-hydrogen) atoms. The molecule has 0 saturated carbocycles. The molecule has 0 aromatic rings. The van der Waals surface area contributed by atoms with Gasteiger partial charge in [0.15, 0.2) is 0 Å². The van der Waals surface area contributed by atoms with E-state index in [1.807, 2.05) is 0 Å². The van der Waals surface area contributed by atoms with Gasteiger partial charge < -0.3 is 19.9 Å². The van der Waals surface area contributed by atoms with Crippen LogP contribution in [0.2, 0.25) is 0 Å². The summed E-state index contributed by atoms with van der Waals surface area (Å²) in [6, 6.07) is 0. The summed E-state index contributed by atoms with van der Waals surface area (Å²) in [5.74, 6) is -2.72. The molecule has 0 aromatic heterocycles. The Morgan fingerprint density at radius 2 is 2.00 bits per heavy atom. The lowest BCUT2D eigenvalue weighted by Gasteiger charge is -2.15. The number of methoxy groups -OCH3 is 2. The molecule has 0 fully saturated rings. The van der Waals surface area contributed by atoms with Gasteiger partial charge in [0.2, 0.25) is 5.91 Å². The second kappa shape index (κ2) is 7.19. The highest BCUT2D eigenvalue weighted by Crippen LogP contribution is 1.95. The van der Waals surface area contributed by atoms with Crippen LogP contribution in [-0.4, -0.2) is 50.5 Å². The summed E-state index contributed by atoms with van der Waals surface area (Å²) in [6.07, 6.45) is -0.264. The molecule has 0 aliphatic heterocycles. The van der Waals surface area contributed by atoms with Crippen LogP contribution in [-0.2, 0) is 19.1 Å². The van der Waals surface area contributed by atoms with E-state index in [2.05, 4.69) is 5.32 Å². The van der Waals surface area contributed by atoms with Crippen LogP contribution in [0.1, 0.15) is 6.92 Å². The molecule has 6 nitrogen and oxygen atoms in total. The van der Waals surface area contributed by atoms with E-state index >= 15 is 0 Å². The minimum atomic E-state index is -1.15. The number of carboxylic acid groups (broad SMARTS) is 1. The first kappa shape index (κ1) is 13.9. The summed E-state index contributed by atoms with van der Waals surface area (Å²) in [4.78, 5) is 21.7. The second-order valence-electron chi connectivity index (χ2n) is 3.12. The van der Waals surface area contributed by atoms with E-state index in [1.54, 1.807) is 0 Å². The van der Waals surface area contributed by atoms with E-state index in [0.29, 0.717) is 6.61 Å². The van der Waals surface area contributed by atoms with E-state index in [4.69, 9.17) is 14.6 Å². The summed E-state index contributed by atoms with van der Waals surface area (Å²) in [5, 5.41) is 11.0. The van der Waals surface area contributed by atoms with Gasteiger partial charge in [-0.05, 0) is 6.92 Å². The molecule has 0 rings (SSSR count). The third-order valence-electron chi connectivity index (χ3n) is 1.95. The van der Waals surface area contributed by atoms with Crippen molar-refractivity contribution in [1.82, 2.24) is 5.32 Å². The van der Waals surface area contributed by atoms with Crippen molar-refractivity contribution in [3.05, 3.63) is 0 Å². The van der Waals surface area contributed by atoms with Crippen LogP contribution in [0.5, 0.6) is 0 Å². The van der Waals surface area contributed by atoms with Gasteiger partial charge >= 0.3 is 5.97 Å². The van der Waals surface area contributed by atoms with Crippen molar-refractivity contribution in [2.45, 2.75) is 13.0 Å². The zero-order valence-corrected chi connectivity index (χ0v) is 9.15. The minimum absolute atomic E-state index is 0.237. The standard InChI is InChI=1S/C9H17NO5/c1-6(9(12)13)8(11)10-4-7(15-3)5-14-2/h6-7H,4-5H2,1-3H3,(H,10,11)(H,12,13). The van der Waals surface area contributed by atoms with Crippen molar-refractivity contribution in [2.75, 3.05) is 27.4 Å². The van der Waals surface area contributed by atoms with Gasteiger partial charge in [-0.3, -0.25) is 9.59 Å². The molecule has 2 unspecified atom stereocenters. The lowest BCUT2D eigenvalue weighted by Crippen LogP contribution is -2.40. The number of aliphatic carboxylic acids is 1. The van der Waals surface area contributed by atoms with Crippen LogP contribution in [0.15, 0.2) is 0 Å². The molecule has 0 bridgehead atoms. The molecule has 1 amide bonds. The molecule has 0 radical (unpaired) electrons. The summed E-state index contributed by atoms with van der Waals surface area (Å²) >= 11 is 0. The number of carbonyl (C=O) groups excluding carboxylic acids is 1. The lowest BCUT2D eigenvalue weighted by molar-refractivity contribution is -0.146. The average molecular weight is 219 g/mol. The van der Waals surface area contributed by atoms with E-state index < -0.39 is 17.8 Å². The normalized spacial score (nSPS) is 14.3. The van der Waals surface area contributed by atoms with Gasteiger partial charge in [-0.15, -0.1) is 0 Å². The minimum Gasteiger partial charge on any atom is -0.481 e. The van der Waals surface area contributed by atoms with Crippen LogP contribution in [0.25, 0.3) is 0 Å². The Balaban J connectivity index is 3.92. The molecule has 0 aliphatic carbocycles. The average Bonchev–Trinajstić information content (AvgIpc) is 2.22. The van der Waals surface area contributed by atoms with Crippen LogP contribution in [0, 0.1) is 5.92 Å². The maximum atomic E-state index is 11.2. The number of ether oxygens (including phenoxy) is 2. The molecule has 0 spiro atoms. The molecular formula is C9H17NO5. The highest BCUT2D eigenvalue weighted by Gasteiger charge is 2.20. The maximum Gasteiger partial charge on any atom is 0.315 e. The Morgan fingerprint density at radius 3 is 2.40 bits per heavy atom. The van der Waals surface area contributed by atoms with Gasteiger partial charge in [-0.1, -0.05) is 0 Å². The molecule has 88 valence electrons. The number of carbonyl (C=O) groups is 2. The van der Waals surface area contributed by atoms with Gasteiger partial charge in [0, 0.05) is 20.8 Å². The number of hydrogen-bond donors (Lipinski definition) is 2. The summed E-state index contributed by atoms with van der Waals surface area (Å²) in [5.41, 5.74) is 0. The van der Waals surface area contributed by atoms with E-state index in [0.717, 1.165) is 0 Å². The molecule has 0 aromatic carbocycles. The number of rotatable bonds is 7. The number of amides is 1. The topological polar surface area (TPSA) is 84.9 Å². The third-order valence-corrected chi connectivity index (χ3v) is 1.95. The van der Waals surface area contributed by atoms with E-state index in [-0.39, 0.29) is 12.6 Å². The zero-order chi connectivity index (χ0) is 11.8. The molecule has 0 heterocycles. The monoisotopic (exact) mass is 219 g/mol. The second-order valence-corrected chi connectivity index (χ2v) is 3.12. The van der Waals surface area contributed by atoms with Crippen molar-refractivity contribution in [1.29, 1.82) is 0 Å². The van der Waals surface area contributed by atoms with Crippen LogP contribution >= 0.6 is 0 Å².